The van der Waals surface area contributed by atoms with Gasteiger partial charge in [-0.2, -0.15) is 0 Å². The summed E-state index contributed by atoms with van der Waals surface area (Å²) >= 11 is 1.33. The van der Waals surface area contributed by atoms with E-state index in [1.54, 1.807) is 37.8 Å². The molecule has 0 bridgehead atoms. The number of benzene rings is 1. The molecular weight excluding hydrogens is 474 g/mol. The van der Waals surface area contributed by atoms with Gasteiger partial charge in [-0.05, 0) is 32.1 Å². The number of aromatic nitrogens is 1. The first kappa shape index (κ1) is 23.2. The Bertz CT molecular complexity index is 1350. The third-order valence-corrected chi connectivity index (χ3v) is 8.18. The van der Waals surface area contributed by atoms with Crippen LogP contribution < -0.4 is 5.73 Å². The van der Waals surface area contributed by atoms with Crippen LogP contribution in [-0.4, -0.2) is 73.5 Å². The van der Waals surface area contributed by atoms with Crippen molar-refractivity contribution < 1.29 is 34.8 Å². The zero-order valence-electron chi connectivity index (χ0n) is 18.8. The molecule has 0 aliphatic heterocycles. The van der Waals surface area contributed by atoms with Crippen molar-refractivity contribution in [3.8, 4) is 5.75 Å². The van der Waals surface area contributed by atoms with Crippen LogP contribution in [0.3, 0.4) is 0 Å². The summed E-state index contributed by atoms with van der Waals surface area (Å²) < 4.78 is 0. The summed E-state index contributed by atoms with van der Waals surface area (Å²) in [6.07, 6.45) is 1.59. The molecule has 0 radical (unpaired) electrons. The molecule has 6 N–H and O–H groups in total. The minimum absolute atomic E-state index is 0.00827. The van der Waals surface area contributed by atoms with Crippen LogP contribution in [0.4, 0.5) is 0 Å². The summed E-state index contributed by atoms with van der Waals surface area (Å²) in [6, 6.07) is 3.56. The fourth-order valence-corrected chi connectivity index (χ4v) is 6.74. The molecule has 1 aromatic heterocycles. The molecule has 5 rings (SSSR count). The Balaban J connectivity index is 1.82. The van der Waals surface area contributed by atoms with Crippen LogP contribution >= 0.6 is 11.3 Å². The highest BCUT2D eigenvalue weighted by molar-refractivity contribution is 7.09. The summed E-state index contributed by atoms with van der Waals surface area (Å²) in [6.45, 7) is 0. The van der Waals surface area contributed by atoms with Gasteiger partial charge in [-0.3, -0.25) is 19.3 Å². The number of fused-ring (bicyclic) bond motifs is 3. The number of phenolic OH excluding ortho intramolecular Hbond substituents is 1. The first-order valence-corrected chi connectivity index (χ1v) is 11.8. The number of rotatable bonds is 3. The lowest BCUT2D eigenvalue weighted by atomic mass is 9.55. The number of nitrogens with two attached hydrogens (primary N) is 1. The van der Waals surface area contributed by atoms with E-state index in [1.165, 1.54) is 22.3 Å². The largest absolute Gasteiger partial charge is 0.508 e. The summed E-state index contributed by atoms with van der Waals surface area (Å²) in [4.78, 5) is 45.1. The second-order valence-corrected chi connectivity index (χ2v) is 10.2. The van der Waals surface area contributed by atoms with Crippen LogP contribution in [0.2, 0.25) is 0 Å². The van der Waals surface area contributed by atoms with Crippen LogP contribution in [0.25, 0.3) is 5.76 Å². The smallest absolute Gasteiger partial charge is 0.255 e. The van der Waals surface area contributed by atoms with Crippen LogP contribution in [0.5, 0.6) is 5.75 Å². The van der Waals surface area contributed by atoms with Crippen molar-refractivity contribution in [2.75, 3.05) is 14.1 Å². The summed E-state index contributed by atoms with van der Waals surface area (Å²) in [5.41, 5.74) is 2.19. The normalized spacial score (nSPS) is 30.3. The number of thiazole rings is 1. The van der Waals surface area contributed by atoms with Gasteiger partial charge in [-0.1, -0.05) is 12.1 Å². The van der Waals surface area contributed by atoms with Gasteiger partial charge in [0, 0.05) is 34.9 Å². The first-order valence-electron chi connectivity index (χ1n) is 10.9. The van der Waals surface area contributed by atoms with E-state index in [9.17, 15) is 34.8 Å². The second kappa shape index (κ2) is 7.74. The highest BCUT2D eigenvalue weighted by Crippen LogP contribution is 2.57. The standard InChI is InChI=1S/C24H23N3O7S/c1-27(2)17-11-8-10-13(23-26-6-7-35-23)9-4-3-5-12(28)14(9)18(29)15(10)20(31)24(11,34)21(32)16(19(17)30)22(25)33/h3-7,10-11,13,17,28-29,32,34H,8H2,1-2H3,(H2,25,33)/t10-,11+,13+,17+,24+/m1/s1. The summed E-state index contributed by atoms with van der Waals surface area (Å²) in [7, 11) is 3.12. The third-order valence-electron chi connectivity index (χ3n) is 7.32. The Kier molecular flexibility index (Phi) is 5.13. The number of likely N-dealkylation sites (N-methyl/N-ethyl adjacent to an activating group) is 1. The van der Waals surface area contributed by atoms with Crippen molar-refractivity contribution in [2.24, 2.45) is 17.6 Å². The maximum atomic E-state index is 14.0. The molecular formula is C24H23N3O7S. The van der Waals surface area contributed by atoms with Gasteiger partial charge in [0.1, 0.15) is 27.8 Å². The predicted octanol–water partition coefficient (Wildman–Crippen LogP) is 1.01. The molecule has 2 aromatic rings. The van der Waals surface area contributed by atoms with Crippen molar-refractivity contribution in [1.29, 1.82) is 0 Å². The molecule has 1 saturated carbocycles. The lowest BCUT2D eigenvalue weighted by molar-refractivity contribution is -0.154. The molecule has 0 unspecified atom stereocenters. The topological polar surface area (TPSA) is 174 Å². The van der Waals surface area contributed by atoms with Gasteiger partial charge >= 0.3 is 0 Å². The van der Waals surface area contributed by atoms with Crippen molar-refractivity contribution in [1.82, 2.24) is 9.88 Å². The molecule has 10 nitrogen and oxygen atoms in total. The Morgan fingerprint density at radius 1 is 1.23 bits per heavy atom. The lowest BCUT2D eigenvalue weighted by Gasteiger charge is -2.51. The van der Waals surface area contributed by atoms with Crippen molar-refractivity contribution in [2.45, 2.75) is 24.0 Å². The van der Waals surface area contributed by atoms with Gasteiger partial charge in [0.2, 0.25) is 5.78 Å². The number of nitrogens with zero attached hydrogens (tertiary/aromatic N) is 2. The molecule has 0 saturated heterocycles. The number of Topliss-reactive ketones (excluding diaryl/α,β-unsaturated/α-hetero) is 2. The van der Waals surface area contributed by atoms with Gasteiger partial charge in [-0.25, -0.2) is 4.98 Å². The van der Waals surface area contributed by atoms with E-state index >= 15 is 0 Å². The number of primary amides is 1. The maximum Gasteiger partial charge on any atom is 0.255 e. The average molecular weight is 498 g/mol. The molecule has 1 amide bonds. The van der Waals surface area contributed by atoms with Crippen molar-refractivity contribution >= 4 is 34.6 Å². The number of amides is 1. The van der Waals surface area contributed by atoms with E-state index in [0.29, 0.717) is 10.6 Å². The Morgan fingerprint density at radius 2 is 1.94 bits per heavy atom. The quantitative estimate of drug-likeness (QED) is 0.388. The Hall–Kier alpha value is -3.54. The van der Waals surface area contributed by atoms with E-state index in [2.05, 4.69) is 4.98 Å². The van der Waals surface area contributed by atoms with E-state index in [1.807, 2.05) is 0 Å². The number of hydrogen-bond donors (Lipinski definition) is 5. The lowest BCUT2D eigenvalue weighted by Crippen LogP contribution is -2.66. The monoisotopic (exact) mass is 497 g/mol. The molecule has 3 aliphatic rings. The minimum Gasteiger partial charge on any atom is -0.508 e. The molecule has 3 aliphatic carbocycles. The number of ketones is 2. The van der Waals surface area contributed by atoms with Crippen molar-refractivity contribution in [3.05, 3.63) is 62.8 Å². The predicted molar refractivity (Wildman–Crippen MR) is 124 cm³/mol. The number of aliphatic hydroxyl groups excluding tert-OH is 2. The third kappa shape index (κ3) is 2.95. The maximum absolute atomic E-state index is 14.0. The molecule has 5 atom stereocenters. The van der Waals surface area contributed by atoms with E-state index in [-0.39, 0.29) is 23.3 Å². The molecule has 11 heteroatoms. The van der Waals surface area contributed by atoms with Crippen LogP contribution in [-0.2, 0) is 14.4 Å². The fraction of sp³-hybridized carbons (Fsp3) is 0.333. The van der Waals surface area contributed by atoms with Gasteiger partial charge in [-0.15, -0.1) is 11.3 Å². The summed E-state index contributed by atoms with van der Waals surface area (Å²) in [5, 5.41) is 46.8. The van der Waals surface area contributed by atoms with Gasteiger partial charge in [0.25, 0.3) is 5.91 Å². The average Bonchev–Trinajstić information content (AvgIpc) is 3.30. The van der Waals surface area contributed by atoms with Crippen molar-refractivity contribution in [3.63, 3.8) is 0 Å². The number of hydrogen-bond acceptors (Lipinski definition) is 10. The molecule has 1 aromatic carbocycles. The zero-order valence-corrected chi connectivity index (χ0v) is 19.6. The number of carbonyl (C=O) groups is 3. The number of carbonyl (C=O) groups excluding carboxylic acids is 3. The number of aromatic hydroxyl groups is 1. The number of aliphatic hydroxyl groups is 3. The Morgan fingerprint density at radius 3 is 2.54 bits per heavy atom. The summed E-state index contributed by atoms with van der Waals surface area (Å²) in [5.74, 6) is -7.48. The van der Waals surface area contributed by atoms with Crippen LogP contribution in [0.15, 0.2) is 46.7 Å². The van der Waals surface area contributed by atoms with Gasteiger partial charge < -0.3 is 26.2 Å². The van der Waals surface area contributed by atoms with Crippen LogP contribution in [0, 0.1) is 11.8 Å². The van der Waals surface area contributed by atoms with Gasteiger partial charge in [0.05, 0.1) is 11.6 Å². The fourth-order valence-electron chi connectivity index (χ4n) is 5.92. The number of phenols is 1. The molecule has 1 fully saturated rings. The first-order chi connectivity index (χ1) is 16.5. The van der Waals surface area contributed by atoms with E-state index in [4.69, 9.17) is 5.73 Å². The zero-order chi connectivity index (χ0) is 25.4. The second-order valence-electron chi connectivity index (χ2n) is 9.26. The van der Waals surface area contributed by atoms with Gasteiger partial charge in [0.15, 0.2) is 11.4 Å². The molecule has 182 valence electrons. The SMILES string of the molecule is CN(C)[C@@H]1C(=O)C(C(N)=O)=C(O)[C@@]2(O)C(=O)C3=C(O)c4c(O)cccc4[C@H](c4nccs4)[C@H]3C[C@@H]12. The van der Waals surface area contributed by atoms with E-state index < -0.39 is 64.0 Å². The minimum atomic E-state index is -2.68. The Labute approximate surface area is 203 Å². The molecule has 0 spiro atoms. The van der Waals surface area contributed by atoms with Crippen LogP contribution in [0.1, 0.15) is 28.5 Å². The molecule has 35 heavy (non-hydrogen) atoms. The molecule has 1 heterocycles. The highest BCUT2D eigenvalue weighted by Gasteiger charge is 2.65. The highest BCUT2D eigenvalue weighted by atomic mass is 32.1. The van der Waals surface area contributed by atoms with E-state index in [0.717, 1.165) is 0 Å².